The van der Waals surface area contributed by atoms with Crippen LogP contribution < -0.4 is 5.32 Å². The third-order valence-electron chi connectivity index (χ3n) is 5.97. The summed E-state index contributed by atoms with van der Waals surface area (Å²) in [7, 11) is 0. The van der Waals surface area contributed by atoms with Crippen LogP contribution in [0.4, 0.5) is 0 Å². The largest absolute Gasteiger partial charge is 0.388 e. The molecule has 0 radical (unpaired) electrons. The number of hydrogen-bond donors (Lipinski definition) is 1. The lowest BCUT2D eigenvalue weighted by Gasteiger charge is -2.37. The minimum Gasteiger partial charge on any atom is -0.388 e. The Bertz CT molecular complexity index is 770. The standard InChI is InChI=1S/C21H27N3O3/c1-14-10-15(2)12-16(11-14)20(26)24-8-6-21(7-9-24)13-18(23-27-21)19(25)22-17-4-3-5-17/h10-12,17H,3-9,13H2,1-2H3,(H,22,25). The molecule has 1 aromatic carbocycles. The molecule has 0 bridgehead atoms. The van der Waals surface area contributed by atoms with E-state index in [-0.39, 0.29) is 11.8 Å². The van der Waals surface area contributed by atoms with Gasteiger partial charge in [0.15, 0.2) is 0 Å². The fourth-order valence-electron chi connectivity index (χ4n) is 4.13. The Balaban J connectivity index is 1.33. The van der Waals surface area contributed by atoms with E-state index in [1.807, 2.05) is 30.9 Å². The number of amides is 2. The second kappa shape index (κ2) is 6.98. The fourth-order valence-corrected chi connectivity index (χ4v) is 4.13. The van der Waals surface area contributed by atoms with E-state index in [4.69, 9.17) is 4.84 Å². The Hall–Kier alpha value is -2.37. The van der Waals surface area contributed by atoms with Gasteiger partial charge in [-0.25, -0.2) is 0 Å². The van der Waals surface area contributed by atoms with Crippen molar-refractivity contribution < 1.29 is 14.4 Å². The molecule has 2 amide bonds. The number of benzene rings is 1. The van der Waals surface area contributed by atoms with Crippen molar-refractivity contribution in [2.24, 2.45) is 5.16 Å². The molecule has 1 N–H and O–H groups in total. The Kier molecular flexibility index (Phi) is 4.66. The summed E-state index contributed by atoms with van der Waals surface area (Å²) in [6.45, 7) is 5.27. The molecule has 6 heteroatoms. The van der Waals surface area contributed by atoms with Gasteiger partial charge >= 0.3 is 0 Å². The minimum atomic E-state index is -0.425. The molecule has 1 spiro atoms. The van der Waals surface area contributed by atoms with Crippen molar-refractivity contribution >= 4 is 17.5 Å². The van der Waals surface area contributed by atoms with E-state index in [1.165, 1.54) is 6.42 Å². The van der Waals surface area contributed by atoms with Gasteiger partial charge in [0.1, 0.15) is 11.3 Å². The molecule has 1 saturated heterocycles. The van der Waals surface area contributed by atoms with Crippen LogP contribution in [0.2, 0.25) is 0 Å². The number of hydrogen-bond acceptors (Lipinski definition) is 4. The smallest absolute Gasteiger partial charge is 0.269 e. The number of carbonyl (C=O) groups is 2. The molecule has 4 rings (SSSR count). The van der Waals surface area contributed by atoms with E-state index in [9.17, 15) is 9.59 Å². The molecule has 2 fully saturated rings. The van der Waals surface area contributed by atoms with E-state index >= 15 is 0 Å². The first-order valence-electron chi connectivity index (χ1n) is 9.88. The SMILES string of the molecule is Cc1cc(C)cc(C(=O)N2CCC3(CC2)CC(C(=O)NC2CCC2)=NO3)c1. The number of aryl methyl sites for hydroxylation is 2. The van der Waals surface area contributed by atoms with E-state index in [0.29, 0.717) is 44.1 Å². The highest BCUT2D eigenvalue weighted by molar-refractivity contribution is 6.39. The van der Waals surface area contributed by atoms with Crippen LogP contribution in [0.25, 0.3) is 0 Å². The lowest BCUT2D eigenvalue weighted by Crippen LogP contribution is -2.48. The summed E-state index contributed by atoms with van der Waals surface area (Å²) >= 11 is 0. The van der Waals surface area contributed by atoms with Gasteiger partial charge in [-0.05, 0) is 45.2 Å². The molecule has 1 aromatic rings. The number of nitrogens with one attached hydrogen (secondary N) is 1. The Labute approximate surface area is 159 Å². The van der Waals surface area contributed by atoms with Gasteiger partial charge in [-0.3, -0.25) is 9.59 Å². The molecule has 27 heavy (non-hydrogen) atoms. The van der Waals surface area contributed by atoms with E-state index in [1.54, 1.807) is 0 Å². The second-order valence-electron chi connectivity index (χ2n) is 8.26. The van der Waals surface area contributed by atoms with Crippen molar-refractivity contribution in [3.63, 3.8) is 0 Å². The van der Waals surface area contributed by atoms with Crippen molar-refractivity contribution in [2.45, 2.75) is 64.0 Å². The summed E-state index contributed by atoms with van der Waals surface area (Å²) < 4.78 is 0. The Morgan fingerprint density at radius 1 is 1.15 bits per heavy atom. The maximum atomic E-state index is 12.8. The molecule has 144 valence electrons. The predicted molar refractivity (Wildman–Crippen MR) is 103 cm³/mol. The van der Waals surface area contributed by atoms with Crippen LogP contribution in [-0.2, 0) is 9.63 Å². The topological polar surface area (TPSA) is 71.0 Å². The van der Waals surface area contributed by atoms with Crippen molar-refractivity contribution in [1.29, 1.82) is 0 Å². The van der Waals surface area contributed by atoms with E-state index < -0.39 is 5.60 Å². The quantitative estimate of drug-likeness (QED) is 0.890. The van der Waals surface area contributed by atoms with Crippen LogP contribution in [-0.4, -0.2) is 47.2 Å². The number of nitrogens with zero attached hydrogens (tertiary/aromatic N) is 2. The number of oxime groups is 1. The first kappa shape index (κ1) is 18.0. The normalized spacial score (nSPS) is 21.4. The van der Waals surface area contributed by atoms with Gasteiger partial charge in [-0.1, -0.05) is 22.3 Å². The zero-order chi connectivity index (χ0) is 19.0. The van der Waals surface area contributed by atoms with Crippen molar-refractivity contribution in [3.05, 3.63) is 34.9 Å². The van der Waals surface area contributed by atoms with Crippen molar-refractivity contribution in [1.82, 2.24) is 10.2 Å². The fraction of sp³-hybridized carbons (Fsp3) is 0.571. The molecule has 0 atom stereocenters. The monoisotopic (exact) mass is 369 g/mol. The minimum absolute atomic E-state index is 0.0681. The van der Waals surface area contributed by atoms with E-state index in [0.717, 1.165) is 29.5 Å². The van der Waals surface area contributed by atoms with Crippen LogP contribution in [0.1, 0.15) is 60.0 Å². The van der Waals surface area contributed by atoms with Gasteiger partial charge in [-0.15, -0.1) is 0 Å². The second-order valence-corrected chi connectivity index (χ2v) is 8.26. The summed E-state index contributed by atoms with van der Waals surface area (Å²) in [6, 6.07) is 6.26. The maximum absolute atomic E-state index is 12.8. The van der Waals surface area contributed by atoms with Crippen LogP contribution in [0.5, 0.6) is 0 Å². The maximum Gasteiger partial charge on any atom is 0.269 e. The molecule has 1 aliphatic carbocycles. The molecule has 2 heterocycles. The van der Waals surface area contributed by atoms with Crippen LogP contribution in [0.3, 0.4) is 0 Å². The van der Waals surface area contributed by atoms with Gasteiger partial charge in [-0.2, -0.15) is 0 Å². The number of likely N-dealkylation sites (tertiary alicyclic amines) is 1. The molecule has 6 nitrogen and oxygen atoms in total. The lowest BCUT2D eigenvalue weighted by atomic mass is 9.86. The Morgan fingerprint density at radius 3 is 2.41 bits per heavy atom. The molecule has 3 aliphatic rings. The van der Waals surface area contributed by atoms with Crippen LogP contribution in [0.15, 0.2) is 23.4 Å². The zero-order valence-electron chi connectivity index (χ0n) is 16.1. The summed E-state index contributed by atoms with van der Waals surface area (Å²) in [4.78, 5) is 32.7. The van der Waals surface area contributed by atoms with Gasteiger partial charge in [0.25, 0.3) is 11.8 Å². The van der Waals surface area contributed by atoms with Gasteiger partial charge in [0, 0.05) is 44.0 Å². The zero-order valence-corrected chi connectivity index (χ0v) is 16.1. The summed E-state index contributed by atoms with van der Waals surface area (Å²) in [5.41, 5.74) is 3.01. The molecule has 1 saturated carbocycles. The highest BCUT2D eigenvalue weighted by Crippen LogP contribution is 2.35. The van der Waals surface area contributed by atoms with Crippen molar-refractivity contribution in [3.8, 4) is 0 Å². The van der Waals surface area contributed by atoms with Crippen molar-refractivity contribution in [2.75, 3.05) is 13.1 Å². The molecule has 2 aliphatic heterocycles. The lowest BCUT2D eigenvalue weighted by molar-refractivity contribution is -0.116. The molecular formula is C21H27N3O3. The highest BCUT2D eigenvalue weighted by Gasteiger charge is 2.44. The number of rotatable bonds is 3. The third kappa shape index (κ3) is 3.70. The summed E-state index contributed by atoms with van der Waals surface area (Å²) in [5.74, 6) is -0.0242. The first-order valence-corrected chi connectivity index (χ1v) is 9.88. The number of piperidine rings is 1. The number of carbonyl (C=O) groups excluding carboxylic acids is 2. The predicted octanol–water partition coefficient (Wildman–Crippen LogP) is 2.72. The van der Waals surface area contributed by atoms with Crippen LogP contribution in [0, 0.1) is 13.8 Å². The summed E-state index contributed by atoms with van der Waals surface area (Å²) in [6.07, 6.45) is 5.24. The average molecular weight is 369 g/mol. The molecular weight excluding hydrogens is 342 g/mol. The molecule has 0 aromatic heterocycles. The van der Waals surface area contributed by atoms with E-state index in [2.05, 4.69) is 16.5 Å². The van der Waals surface area contributed by atoms with Gasteiger partial charge < -0.3 is 15.1 Å². The summed E-state index contributed by atoms with van der Waals surface area (Å²) in [5, 5.41) is 7.10. The van der Waals surface area contributed by atoms with Gasteiger partial charge in [0.2, 0.25) is 0 Å². The highest BCUT2D eigenvalue weighted by atomic mass is 16.7. The Morgan fingerprint density at radius 2 is 1.81 bits per heavy atom. The average Bonchev–Trinajstić information content (AvgIpc) is 3.01. The van der Waals surface area contributed by atoms with Gasteiger partial charge in [0.05, 0.1) is 0 Å². The molecule has 0 unspecified atom stereocenters. The van der Waals surface area contributed by atoms with Crippen LogP contribution >= 0.6 is 0 Å². The third-order valence-corrected chi connectivity index (χ3v) is 5.97. The first-order chi connectivity index (χ1) is 12.9.